The first-order valence-electron chi connectivity index (χ1n) is 6.56. The van der Waals surface area contributed by atoms with Crippen LogP contribution in [0.3, 0.4) is 0 Å². The van der Waals surface area contributed by atoms with Crippen LogP contribution in [0, 0.1) is 5.92 Å². The average molecular weight is 293 g/mol. The van der Waals surface area contributed by atoms with Crippen molar-refractivity contribution in [3.8, 4) is 0 Å². The minimum absolute atomic E-state index is 0.126. The predicted molar refractivity (Wildman–Crippen MR) is 80.0 cm³/mol. The fourth-order valence-electron chi connectivity index (χ4n) is 2.02. The Labute approximate surface area is 122 Å². The smallest absolute Gasteiger partial charge is 0.252 e. The van der Waals surface area contributed by atoms with E-state index in [1.807, 2.05) is 31.2 Å². The molecule has 4 nitrogen and oxygen atoms in total. The van der Waals surface area contributed by atoms with Crippen LogP contribution in [-0.2, 0) is 0 Å². The molecule has 0 saturated carbocycles. The van der Waals surface area contributed by atoms with Crippen LogP contribution in [0.1, 0.15) is 23.7 Å². The summed E-state index contributed by atoms with van der Waals surface area (Å²) in [7, 11) is 0. The van der Waals surface area contributed by atoms with Crippen molar-refractivity contribution in [1.82, 2.24) is 10.3 Å². The molecule has 1 amide bonds. The zero-order valence-electron chi connectivity index (χ0n) is 11.3. The van der Waals surface area contributed by atoms with E-state index in [0.29, 0.717) is 29.2 Å². The molecule has 0 radical (unpaired) electrons. The third-order valence-electron chi connectivity index (χ3n) is 3.16. The van der Waals surface area contributed by atoms with E-state index >= 15 is 0 Å². The van der Waals surface area contributed by atoms with Crippen molar-refractivity contribution in [1.29, 1.82) is 0 Å². The van der Waals surface area contributed by atoms with Gasteiger partial charge in [-0.3, -0.25) is 4.79 Å². The van der Waals surface area contributed by atoms with Crippen molar-refractivity contribution in [2.75, 3.05) is 13.2 Å². The number of aliphatic hydroxyl groups excluding tert-OH is 1. The Morgan fingerprint density at radius 1 is 1.45 bits per heavy atom. The number of aromatic nitrogens is 1. The van der Waals surface area contributed by atoms with E-state index in [0.717, 1.165) is 5.39 Å². The number of hydrogen-bond acceptors (Lipinski definition) is 3. The Bertz CT molecular complexity index is 616. The second-order valence-corrected chi connectivity index (χ2v) is 5.22. The molecule has 0 aliphatic heterocycles. The Morgan fingerprint density at radius 2 is 2.20 bits per heavy atom. The minimum atomic E-state index is -0.171. The summed E-state index contributed by atoms with van der Waals surface area (Å²) in [5.74, 6) is 0.0582. The normalized spacial score (nSPS) is 12.3. The molecule has 1 atom stereocenters. The zero-order valence-corrected chi connectivity index (χ0v) is 12.0. The number of aliphatic hydroxyl groups is 1. The van der Waals surface area contributed by atoms with Gasteiger partial charge in [-0.05, 0) is 24.5 Å². The van der Waals surface area contributed by atoms with Crippen molar-refractivity contribution in [3.63, 3.8) is 0 Å². The molecule has 1 heterocycles. The predicted octanol–water partition coefficient (Wildman–Crippen LogP) is 2.64. The number of halogens is 1. The molecule has 0 aliphatic rings. The maximum Gasteiger partial charge on any atom is 0.252 e. The molecule has 0 aliphatic carbocycles. The monoisotopic (exact) mass is 292 g/mol. The van der Waals surface area contributed by atoms with Crippen LogP contribution in [0.15, 0.2) is 30.3 Å². The number of benzene rings is 1. The lowest BCUT2D eigenvalue weighted by atomic mass is 10.1. The molecule has 0 saturated heterocycles. The molecular weight excluding hydrogens is 276 g/mol. The van der Waals surface area contributed by atoms with E-state index in [4.69, 9.17) is 16.7 Å². The van der Waals surface area contributed by atoms with E-state index in [9.17, 15) is 4.79 Å². The highest BCUT2D eigenvalue weighted by Crippen LogP contribution is 2.20. The van der Waals surface area contributed by atoms with Gasteiger partial charge in [0.2, 0.25) is 0 Å². The summed E-state index contributed by atoms with van der Waals surface area (Å²) >= 11 is 5.96. The third-order valence-corrected chi connectivity index (χ3v) is 3.36. The van der Waals surface area contributed by atoms with Crippen molar-refractivity contribution >= 4 is 28.4 Å². The van der Waals surface area contributed by atoms with Gasteiger partial charge in [0, 0.05) is 18.5 Å². The molecule has 20 heavy (non-hydrogen) atoms. The Balaban J connectivity index is 2.21. The zero-order chi connectivity index (χ0) is 14.5. The fourth-order valence-corrected chi connectivity index (χ4v) is 2.22. The van der Waals surface area contributed by atoms with Crippen LogP contribution in [0.5, 0.6) is 0 Å². The van der Waals surface area contributed by atoms with Crippen LogP contribution in [0.25, 0.3) is 10.9 Å². The highest BCUT2D eigenvalue weighted by atomic mass is 35.5. The Morgan fingerprint density at radius 3 is 2.95 bits per heavy atom. The van der Waals surface area contributed by atoms with Crippen molar-refractivity contribution in [3.05, 3.63) is 41.0 Å². The van der Waals surface area contributed by atoms with E-state index < -0.39 is 0 Å². The fraction of sp³-hybridized carbons (Fsp3) is 0.333. The van der Waals surface area contributed by atoms with E-state index in [1.165, 1.54) is 0 Å². The molecule has 2 N–H and O–H groups in total. The van der Waals surface area contributed by atoms with Gasteiger partial charge in [0.15, 0.2) is 0 Å². The summed E-state index contributed by atoms with van der Waals surface area (Å²) in [6.07, 6.45) is 0.665. The molecule has 5 heteroatoms. The number of carbonyl (C=O) groups excluding carboxylic acids is 1. The number of nitrogens with one attached hydrogen (secondary N) is 1. The third kappa shape index (κ3) is 3.46. The number of carbonyl (C=O) groups is 1. The average Bonchev–Trinajstić information content (AvgIpc) is 2.44. The minimum Gasteiger partial charge on any atom is -0.396 e. The highest BCUT2D eigenvalue weighted by molar-refractivity contribution is 6.30. The van der Waals surface area contributed by atoms with Gasteiger partial charge in [-0.15, -0.1) is 0 Å². The number of para-hydroxylation sites is 1. The summed E-state index contributed by atoms with van der Waals surface area (Å²) < 4.78 is 0. The SMILES string of the molecule is CC(CCO)CNC(=O)c1cc(Cl)nc2ccccc12. The van der Waals surface area contributed by atoms with E-state index in [2.05, 4.69) is 10.3 Å². The molecule has 0 spiro atoms. The number of pyridine rings is 1. The lowest BCUT2D eigenvalue weighted by Gasteiger charge is -2.12. The van der Waals surface area contributed by atoms with Crippen LogP contribution in [-0.4, -0.2) is 29.1 Å². The first-order chi connectivity index (χ1) is 9.61. The summed E-state index contributed by atoms with van der Waals surface area (Å²) in [5.41, 5.74) is 1.23. The van der Waals surface area contributed by atoms with Gasteiger partial charge in [0.1, 0.15) is 5.15 Å². The topological polar surface area (TPSA) is 62.2 Å². The molecule has 2 aromatic rings. The highest BCUT2D eigenvalue weighted by Gasteiger charge is 2.13. The molecule has 0 bridgehead atoms. The maximum atomic E-state index is 12.3. The van der Waals surface area contributed by atoms with Gasteiger partial charge in [-0.25, -0.2) is 4.98 Å². The summed E-state index contributed by atoms with van der Waals surface area (Å²) in [6, 6.07) is 8.98. The number of nitrogens with zero attached hydrogens (tertiary/aromatic N) is 1. The van der Waals surface area contributed by atoms with E-state index in [-0.39, 0.29) is 18.4 Å². The van der Waals surface area contributed by atoms with Gasteiger partial charge in [0.25, 0.3) is 5.91 Å². The Hall–Kier alpha value is -1.65. The lowest BCUT2D eigenvalue weighted by Crippen LogP contribution is -2.28. The molecule has 0 fully saturated rings. The summed E-state index contributed by atoms with van der Waals surface area (Å²) in [6.45, 7) is 2.63. The first kappa shape index (κ1) is 14.8. The van der Waals surface area contributed by atoms with Gasteiger partial charge in [-0.1, -0.05) is 36.7 Å². The standard InChI is InChI=1S/C15H17ClN2O2/c1-10(6-7-19)9-17-15(20)12-8-14(16)18-13-5-3-2-4-11(12)13/h2-5,8,10,19H,6-7,9H2,1H3,(H,17,20). The molecule has 1 aromatic carbocycles. The maximum absolute atomic E-state index is 12.3. The molecule has 2 rings (SSSR count). The van der Waals surface area contributed by atoms with Gasteiger partial charge in [0.05, 0.1) is 11.1 Å². The molecular formula is C15H17ClN2O2. The largest absolute Gasteiger partial charge is 0.396 e. The van der Waals surface area contributed by atoms with Gasteiger partial charge >= 0.3 is 0 Å². The van der Waals surface area contributed by atoms with Crippen LogP contribution < -0.4 is 5.32 Å². The van der Waals surface area contributed by atoms with Crippen LogP contribution in [0.4, 0.5) is 0 Å². The number of fused-ring (bicyclic) bond motifs is 1. The summed E-state index contributed by atoms with van der Waals surface area (Å²) in [4.78, 5) is 16.5. The van der Waals surface area contributed by atoms with Crippen LogP contribution >= 0.6 is 11.6 Å². The summed E-state index contributed by atoms with van der Waals surface area (Å²) in [5, 5.41) is 12.8. The molecule has 1 aromatic heterocycles. The van der Waals surface area contributed by atoms with Crippen molar-refractivity contribution < 1.29 is 9.90 Å². The van der Waals surface area contributed by atoms with Gasteiger partial charge in [-0.2, -0.15) is 0 Å². The molecule has 106 valence electrons. The van der Waals surface area contributed by atoms with Crippen molar-refractivity contribution in [2.45, 2.75) is 13.3 Å². The first-order valence-corrected chi connectivity index (χ1v) is 6.94. The number of amides is 1. The van der Waals surface area contributed by atoms with E-state index in [1.54, 1.807) is 6.07 Å². The Kier molecular flexibility index (Phi) is 4.93. The lowest BCUT2D eigenvalue weighted by molar-refractivity contribution is 0.0947. The second-order valence-electron chi connectivity index (χ2n) is 4.84. The number of rotatable bonds is 5. The molecule has 1 unspecified atom stereocenters. The number of hydrogen-bond donors (Lipinski definition) is 2. The quantitative estimate of drug-likeness (QED) is 0.833. The van der Waals surface area contributed by atoms with Crippen molar-refractivity contribution in [2.24, 2.45) is 5.92 Å². The van der Waals surface area contributed by atoms with Crippen LogP contribution in [0.2, 0.25) is 5.15 Å². The van der Waals surface area contributed by atoms with Gasteiger partial charge < -0.3 is 10.4 Å². The second kappa shape index (κ2) is 6.68.